The molecule has 0 fully saturated rings. The minimum Gasteiger partial charge on any atom is -0.490 e. The minimum absolute atomic E-state index is 0.0428. The van der Waals surface area contributed by atoms with Crippen LogP contribution in [0.1, 0.15) is 21.0 Å². The molecule has 23 heavy (non-hydrogen) atoms. The van der Waals surface area contributed by atoms with Crippen LogP contribution in [0.3, 0.4) is 0 Å². The first kappa shape index (κ1) is 15.3. The predicted molar refractivity (Wildman–Crippen MR) is 85.7 cm³/mol. The van der Waals surface area contributed by atoms with Crippen molar-refractivity contribution in [2.24, 2.45) is 0 Å². The first-order chi connectivity index (χ1) is 11.0. The fourth-order valence-electron chi connectivity index (χ4n) is 2.20. The Bertz CT molecular complexity index is 771. The van der Waals surface area contributed by atoms with Crippen molar-refractivity contribution in [2.75, 3.05) is 18.5 Å². The van der Waals surface area contributed by atoms with Crippen molar-refractivity contribution in [3.63, 3.8) is 0 Å². The number of hydrogen-bond donors (Lipinski definition) is 1. The summed E-state index contributed by atoms with van der Waals surface area (Å²) in [6, 6.07) is 6.42. The van der Waals surface area contributed by atoms with E-state index in [1.54, 1.807) is 25.1 Å². The number of carbonyl (C=O) groups excluding carboxylic acids is 1. The summed E-state index contributed by atoms with van der Waals surface area (Å²) in [6.45, 7) is 2.77. The van der Waals surface area contributed by atoms with Crippen molar-refractivity contribution in [2.45, 2.75) is 13.3 Å². The predicted octanol–water partition coefficient (Wildman–Crippen LogP) is 3.38. The summed E-state index contributed by atoms with van der Waals surface area (Å²) in [5.74, 6) is 0.831. The van der Waals surface area contributed by atoms with Crippen molar-refractivity contribution >= 4 is 28.6 Å². The first-order valence-corrected chi connectivity index (χ1v) is 7.82. The Labute approximate surface area is 136 Å². The summed E-state index contributed by atoms with van der Waals surface area (Å²) in [5, 5.41) is 13.6. The van der Waals surface area contributed by atoms with Crippen LogP contribution in [0, 0.1) is 17.0 Å². The Hall–Kier alpha value is -2.61. The Kier molecular flexibility index (Phi) is 4.16. The fraction of sp³-hybridized carbons (Fsp3) is 0.267. The van der Waals surface area contributed by atoms with Crippen molar-refractivity contribution in [3.05, 3.63) is 44.1 Å². The molecule has 0 radical (unpaired) electrons. The van der Waals surface area contributed by atoms with Crippen molar-refractivity contribution < 1.29 is 19.2 Å². The number of thiophene rings is 1. The minimum atomic E-state index is -0.490. The Morgan fingerprint density at radius 2 is 2.00 bits per heavy atom. The largest absolute Gasteiger partial charge is 0.490 e. The van der Waals surface area contributed by atoms with Gasteiger partial charge >= 0.3 is 0 Å². The van der Waals surface area contributed by atoms with Crippen LogP contribution in [-0.2, 0) is 0 Å². The zero-order valence-corrected chi connectivity index (χ0v) is 13.1. The third-order valence-corrected chi connectivity index (χ3v) is 4.36. The monoisotopic (exact) mass is 334 g/mol. The molecule has 0 bridgehead atoms. The molecule has 7 nitrogen and oxygen atoms in total. The second-order valence-corrected chi connectivity index (χ2v) is 6.23. The summed E-state index contributed by atoms with van der Waals surface area (Å²) >= 11 is 1.09. The molecule has 0 saturated heterocycles. The molecule has 2 aromatic rings. The SMILES string of the molecule is Cc1sc(C(=O)Nc2ccc3c(c2)OCCCO3)cc1[N+](=O)[O-]. The zero-order chi connectivity index (χ0) is 16.4. The van der Waals surface area contributed by atoms with E-state index in [4.69, 9.17) is 9.47 Å². The Balaban J connectivity index is 1.79. The summed E-state index contributed by atoms with van der Waals surface area (Å²) in [4.78, 5) is 23.4. The molecule has 0 spiro atoms. The van der Waals surface area contributed by atoms with E-state index < -0.39 is 4.92 Å². The van der Waals surface area contributed by atoms with Crippen LogP contribution < -0.4 is 14.8 Å². The molecule has 120 valence electrons. The third-order valence-electron chi connectivity index (χ3n) is 3.32. The van der Waals surface area contributed by atoms with E-state index in [2.05, 4.69) is 5.32 Å². The van der Waals surface area contributed by atoms with Gasteiger partial charge in [0, 0.05) is 24.2 Å². The number of rotatable bonds is 3. The summed E-state index contributed by atoms with van der Waals surface area (Å²) in [5.41, 5.74) is 0.506. The van der Waals surface area contributed by atoms with Gasteiger partial charge in [0.1, 0.15) is 0 Å². The number of ether oxygens (including phenoxy) is 2. The number of carbonyl (C=O) groups is 1. The van der Waals surface area contributed by atoms with Gasteiger partial charge in [-0.25, -0.2) is 0 Å². The van der Waals surface area contributed by atoms with Crippen LogP contribution in [-0.4, -0.2) is 24.0 Å². The van der Waals surface area contributed by atoms with Gasteiger partial charge in [-0.3, -0.25) is 14.9 Å². The average Bonchev–Trinajstić information content (AvgIpc) is 2.76. The molecular formula is C15H14N2O5S. The average molecular weight is 334 g/mol. The number of benzene rings is 1. The molecule has 1 aromatic carbocycles. The van der Waals surface area contributed by atoms with Gasteiger partial charge in [0.25, 0.3) is 11.6 Å². The molecule has 0 saturated carbocycles. The molecular weight excluding hydrogens is 320 g/mol. The number of nitrogens with zero attached hydrogens (tertiary/aromatic N) is 1. The highest BCUT2D eigenvalue weighted by Crippen LogP contribution is 2.33. The van der Waals surface area contributed by atoms with Crippen LogP contribution in [0.2, 0.25) is 0 Å². The quantitative estimate of drug-likeness (QED) is 0.686. The summed E-state index contributed by atoms with van der Waals surface area (Å²) < 4.78 is 11.1. The fourth-order valence-corrected chi connectivity index (χ4v) is 3.08. The lowest BCUT2D eigenvalue weighted by Crippen LogP contribution is -2.10. The zero-order valence-electron chi connectivity index (χ0n) is 12.3. The smallest absolute Gasteiger partial charge is 0.283 e. The second-order valence-electron chi connectivity index (χ2n) is 4.98. The van der Waals surface area contributed by atoms with Crippen LogP contribution in [0.25, 0.3) is 0 Å². The number of anilines is 1. The third kappa shape index (κ3) is 3.26. The molecule has 0 atom stereocenters. The topological polar surface area (TPSA) is 90.7 Å². The van der Waals surface area contributed by atoms with Crippen molar-refractivity contribution in [1.29, 1.82) is 0 Å². The van der Waals surface area contributed by atoms with E-state index >= 15 is 0 Å². The van der Waals surface area contributed by atoms with E-state index in [0.29, 0.717) is 40.2 Å². The number of nitrogens with one attached hydrogen (secondary N) is 1. The number of aryl methyl sites for hydroxylation is 1. The van der Waals surface area contributed by atoms with E-state index in [-0.39, 0.29) is 11.6 Å². The number of fused-ring (bicyclic) bond motifs is 1. The van der Waals surface area contributed by atoms with E-state index in [0.717, 1.165) is 17.8 Å². The molecule has 1 amide bonds. The highest BCUT2D eigenvalue weighted by Gasteiger charge is 2.20. The van der Waals surface area contributed by atoms with Gasteiger partial charge in [-0.1, -0.05) is 0 Å². The van der Waals surface area contributed by atoms with Gasteiger partial charge < -0.3 is 14.8 Å². The van der Waals surface area contributed by atoms with Crippen molar-refractivity contribution in [1.82, 2.24) is 0 Å². The summed E-state index contributed by atoms with van der Waals surface area (Å²) in [7, 11) is 0. The van der Waals surface area contributed by atoms with E-state index in [1.165, 1.54) is 6.07 Å². The maximum absolute atomic E-state index is 12.2. The van der Waals surface area contributed by atoms with Crippen LogP contribution >= 0.6 is 11.3 Å². The van der Waals surface area contributed by atoms with E-state index in [1.807, 2.05) is 0 Å². The molecule has 1 aromatic heterocycles. The molecule has 0 unspecified atom stereocenters. The molecule has 1 aliphatic rings. The lowest BCUT2D eigenvalue weighted by Gasteiger charge is -2.09. The second kappa shape index (κ2) is 6.25. The van der Waals surface area contributed by atoms with Gasteiger partial charge in [0.15, 0.2) is 11.5 Å². The maximum atomic E-state index is 12.2. The van der Waals surface area contributed by atoms with Crippen LogP contribution in [0.15, 0.2) is 24.3 Å². The number of nitro groups is 1. The van der Waals surface area contributed by atoms with Crippen molar-refractivity contribution in [3.8, 4) is 11.5 Å². The normalized spacial score (nSPS) is 13.3. The maximum Gasteiger partial charge on any atom is 0.283 e. The Morgan fingerprint density at radius 1 is 1.26 bits per heavy atom. The van der Waals surface area contributed by atoms with Gasteiger partial charge in [-0.2, -0.15) is 0 Å². The molecule has 0 aliphatic carbocycles. The molecule has 8 heteroatoms. The molecule has 2 heterocycles. The highest BCUT2D eigenvalue weighted by atomic mass is 32.1. The van der Waals surface area contributed by atoms with Gasteiger partial charge in [0.2, 0.25) is 0 Å². The lowest BCUT2D eigenvalue weighted by molar-refractivity contribution is -0.385. The Morgan fingerprint density at radius 3 is 2.70 bits per heavy atom. The molecule has 3 rings (SSSR count). The van der Waals surface area contributed by atoms with Gasteiger partial charge in [-0.05, 0) is 19.1 Å². The van der Waals surface area contributed by atoms with Gasteiger partial charge in [-0.15, -0.1) is 11.3 Å². The van der Waals surface area contributed by atoms with E-state index in [9.17, 15) is 14.9 Å². The number of amides is 1. The standard InChI is InChI=1S/C15H14N2O5S/c1-9-11(17(19)20)8-14(23-9)15(18)16-10-3-4-12-13(7-10)22-6-2-5-21-12/h3-4,7-8H,2,5-6H2,1H3,(H,16,18). The summed E-state index contributed by atoms with van der Waals surface area (Å²) in [6.07, 6.45) is 0.800. The molecule has 1 N–H and O–H groups in total. The first-order valence-electron chi connectivity index (χ1n) is 7.00. The number of hydrogen-bond acceptors (Lipinski definition) is 6. The van der Waals surface area contributed by atoms with Crippen LogP contribution in [0.4, 0.5) is 11.4 Å². The highest BCUT2D eigenvalue weighted by molar-refractivity contribution is 7.14. The van der Waals surface area contributed by atoms with Gasteiger partial charge in [0.05, 0.1) is 27.9 Å². The molecule has 1 aliphatic heterocycles. The lowest BCUT2D eigenvalue weighted by atomic mass is 10.2. The van der Waals surface area contributed by atoms with Crippen LogP contribution in [0.5, 0.6) is 11.5 Å².